The fourth-order valence-electron chi connectivity index (χ4n) is 2.57. The fraction of sp³-hybridized carbons (Fsp3) is 0.385. The van der Waals surface area contributed by atoms with Crippen LogP contribution in [0, 0.1) is 24.3 Å². The number of fused-ring (bicyclic) bond motifs is 2. The third-order valence-corrected chi connectivity index (χ3v) is 4.47. The molecule has 2 aliphatic rings. The van der Waals surface area contributed by atoms with Gasteiger partial charge in [-0.1, -0.05) is 12.1 Å². The molecule has 0 aromatic heterocycles. The molecule has 2 radical (unpaired) electrons. The normalized spacial score (nSPS) is 34.0. The molecule has 0 N–H and O–H groups in total. The first-order valence-electron chi connectivity index (χ1n) is 5.48. The van der Waals surface area contributed by atoms with E-state index in [-0.39, 0.29) is 11.7 Å². The van der Waals surface area contributed by atoms with Gasteiger partial charge in [0.1, 0.15) is 10.1 Å². The zero-order valence-corrected chi connectivity index (χ0v) is 10.4. The third-order valence-electron chi connectivity index (χ3n) is 3.44. The topological polar surface area (TPSA) is 26.3 Å². The van der Waals surface area contributed by atoms with E-state index in [1.165, 1.54) is 0 Å². The zero-order chi connectivity index (χ0) is 12.0. The Morgan fingerprint density at radius 3 is 2.65 bits per heavy atom. The van der Waals surface area contributed by atoms with Crippen molar-refractivity contribution in [1.29, 1.82) is 0 Å². The molecule has 0 heterocycles. The number of hydrogen-bond donors (Lipinski definition) is 0. The Hall–Kier alpha value is -0.730. The van der Waals surface area contributed by atoms with Gasteiger partial charge in [0.15, 0.2) is 11.9 Å². The molecular weight excluding hydrogens is 259 g/mol. The van der Waals surface area contributed by atoms with E-state index in [0.717, 1.165) is 6.42 Å². The Kier molecular flexibility index (Phi) is 2.60. The highest BCUT2D eigenvalue weighted by atomic mass is 35.5. The lowest BCUT2D eigenvalue weighted by Crippen LogP contribution is -2.33. The monoisotopic (exact) mass is 268 g/mol. The summed E-state index contributed by atoms with van der Waals surface area (Å²) in [6.07, 6.45) is 2.10. The van der Waals surface area contributed by atoms with Gasteiger partial charge in [-0.25, -0.2) is 0 Å². The highest BCUT2D eigenvalue weighted by Crippen LogP contribution is 2.56. The van der Waals surface area contributed by atoms with Gasteiger partial charge in [-0.05, 0) is 31.0 Å². The molecule has 3 rings (SSSR count). The summed E-state index contributed by atoms with van der Waals surface area (Å²) in [5, 5.41) is 0. The van der Waals surface area contributed by atoms with Crippen molar-refractivity contribution in [1.82, 2.24) is 0 Å². The molecule has 2 aliphatic carbocycles. The summed E-state index contributed by atoms with van der Waals surface area (Å²) in [6, 6.07) is 9.93. The minimum absolute atomic E-state index is 0.0147. The second kappa shape index (κ2) is 3.89. The number of ether oxygens (including phenoxy) is 1. The van der Waals surface area contributed by atoms with Crippen LogP contribution in [0.25, 0.3) is 0 Å². The largest absolute Gasteiger partial charge is 0.482 e. The van der Waals surface area contributed by atoms with E-state index < -0.39 is 16.4 Å². The predicted octanol–water partition coefficient (Wildman–Crippen LogP) is 2.83. The molecule has 17 heavy (non-hydrogen) atoms. The van der Waals surface area contributed by atoms with Crippen molar-refractivity contribution in [3.05, 3.63) is 36.8 Å². The highest BCUT2D eigenvalue weighted by Gasteiger charge is 2.64. The van der Waals surface area contributed by atoms with E-state index in [4.69, 9.17) is 27.9 Å². The maximum absolute atomic E-state index is 12.1. The Labute approximate surface area is 110 Å². The van der Waals surface area contributed by atoms with Gasteiger partial charge in [-0.15, -0.1) is 23.2 Å². The van der Waals surface area contributed by atoms with Crippen LogP contribution in [0.3, 0.4) is 0 Å². The molecule has 0 aliphatic heterocycles. The molecule has 2 fully saturated rings. The van der Waals surface area contributed by atoms with Gasteiger partial charge in [0.2, 0.25) is 0 Å². The van der Waals surface area contributed by atoms with E-state index >= 15 is 0 Å². The van der Waals surface area contributed by atoms with Crippen LogP contribution < -0.4 is 4.74 Å². The first kappa shape index (κ1) is 11.4. The number of hydrogen-bond acceptors (Lipinski definition) is 2. The second-order valence-corrected chi connectivity index (χ2v) is 5.85. The molecule has 0 amide bonds. The summed E-state index contributed by atoms with van der Waals surface area (Å²) >= 11 is 12.4. The van der Waals surface area contributed by atoms with Gasteiger partial charge < -0.3 is 4.74 Å². The average Bonchev–Trinajstić information content (AvgIpc) is 2.69. The predicted molar refractivity (Wildman–Crippen MR) is 65.0 cm³/mol. The van der Waals surface area contributed by atoms with Crippen LogP contribution in [0.15, 0.2) is 24.3 Å². The molecule has 1 aromatic rings. The molecule has 2 saturated carbocycles. The van der Waals surface area contributed by atoms with Gasteiger partial charge in [-0.2, -0.15) is 0 Å². The second-order valence-electron chi connectivity index (χ2n) is 4.41. The van der Waals surface area contributed by atoms with Crippen LogP contribution in [0.1, 0.15) is 6.42 Å². The Morgan fingerprint density at radius 1 is 1.35 bits per heavy atom. The minimum Gasteiger partial charge on any atom is -0.482 e. The maximum atomic E-state index is 12.1. The Bertz CT molecular complexity index is 444. The molecule has 3 atom stereocenters. The molecule has 2 bridgehead atoms. The van der Waals surface area contributed by atoms with Crippen LogP contribution in [-0.4, -0.2) is 16.2 Å². The Morgan fingerprint density at radius 2 is 2.06 bits per heavy atom. The molecule has 4 heteroatoms. The molecule has 88 valence electrons. The summed E-state index contributed by atoms with van der Waals surface area (Å²) in [6.45, 7) is 0. The molecule has 2 nitrogen and oxygen atoms in total. The van der Waals surface area contributed by atoms with Crippen molar-refractivity contribution in [2.45, 2.75) is 16.9 Å². The highest BCUT2D eigenvalue weighted by molar-refractivity contribution is 6.51. The quantitative estimate of drug-likeness (QED) is 0.772. The fourth-order valence-corrected chi connectivity index (χ4v) is 3.37. The summed E-state index contributed by atoms with van der Waals surface area (Å²) in [5.74, 6) is 0.0986. The first-order valence-corrected chi connectivity index (χ1v) is 6.24. The maximum Gasteiger partial charge on any atom is 0.180 e. The summed E-state index contributed by atoms with van der Waals surface area (Å²) in [5.41, 5.74) is 0. The number of rotatable bonds is 2. The SMILES string of the molecule is O=C1C(Oc2cc[c]cc2)C2C[CH]C1C2(Cl)Cl. The van der Waals surface area contributed by atoms with Crippen LogP contribution in [0.4, 0.5) is 0 Å². The first-order chi connectivity index (χ1) is 8.10. The summed E-state index contributed by atoms with van der Waals surface area (Å²) in [7, 11) is 0. The average molecular weight is 269 g/mol. The molecule has 0 spiro atoms. The smallest absolute Gasteiger partial charge is 0.180 e. The molecule has 3 unspecified atom stereocenters. The van der Waals surface area contributed by atoms with Crippen molar-refractivity contribution in [2.24, 2.45) is 11.8 Å². The van der Waals surface area contributed by atoms with Crippen LogP contribution >= 0.6 is 23.2 Å². The third kappa shape index (κ3) is 1.66. The van der Waals surface area contributed by atoms with Crippen molar-refractivity contribution >= 4 is 29.0 Å². The van der Waals surface area contributed by atoms with Gasteiger partial charge in [-0.3, -0.25) is 4.79 Å². The van der Waals surface area contributed by atoms with Crippen molar-refractivity contribution < 1.29 is 9.53 Å². The van der Waals surface area contributed by atoms with Crippen molar-refractivity contribution in [3.8, 4) is 5.75 Å². The number of carbonyl (C=O) groups is 1. The van der Waals surface area contributed by atoms with Gasteiger partial charge in [0.05, 0.1) is 5.92 Å². The molecule has 0 saturated heterocycles. The number of benzene rings is 1. The van der Waals surface area contributed by atoms with Crippen molar-refractivity contribution in [3.63, 3.8) is 0 Å². The molecular formula is C13H10Cl2O2. The van der Waals surface area contributed by atoms with Gasteiger partial charge in [0.25, 0.3) is 0 Å². The number of ketones is 1. The lowest BCUT2D eigenvalue weighted by Gasteiger charge is -2.22. The number of alkyl halides is 2. The zero-order valence-electron chi connectivity index (χ0n) is 8.90. The number of carbonyl (C=O) groups excluding carboxylic acids is 1. The van der Waals surface area contributed by atoms with Crippen LogP contribution in [-0.2, 0) is 4.79 Å². The van der Waals surface area contributed by atoms with Gasteiger partial charge in [0, 0.05) is 5.92 Å². The van der Waals surface area contributed by atoms with Gasteiger partial charge >= 0.3 is 0 Å². The van der Waals surface area contributed by atoms with E-state index in [0.29, 0.717) is 5.75 Å². The number of Topliss-reactive ketones (excluding diaryl/α,β-unsaturated/α-hetero) is 1. The lowest BCUT2D eigenvalue weighted by atomic mass is 9.96. The van der Waals surface area contributed by atoms with Crippen molar-refractivity contribution in [2.75, 3.05) is 0 Å². The standard InChI is InChI=1S/C13H10Cl2O2/c14-13(15)9-6-7-10(13)12(11(9)16)17-8-4-2-1-3-5-8/h2-6,9-10,12H,7H2. The molecule has 1 aromatic carbocycles. The van der Waals surface area contributed by atoms with Crippen LogP contribution in [0.2, 0.25) is 0 Å². The Balaban J connectivity index is 1.84. The van der Waals surface area contributed by atoms with E-state index in [1.807, 2.05) is 6.42 Å². The summed E-state index contributed by atoms with van der Waals surface area (Å²) in [4.78, 5) is 12.1. The van der Waals surface area contributed by atoms with Crippen LogP contribution in [0.5, 0.6) is 5.75 Å². The van der Waals surface area contributed by atoms with E-state index in [1.54, 1.807) is 24.3 Å². The lowest BCUT2D eigenvalue weighted by molar-refractivity contribution is -0.127. The number of halogens is 2. The summed E-state index contributed by atoms with van der Waals surface area (Å²) < 4.78 is 4.70. The minimum atomic E-state index is -0.997. The van der Waals surface area contributed by atoms with E-state index in [2.05, 4.69) is 6.07 Å². The van der Waals surface area contributed by atoms with E-state index in [9.17, 15) is 4.79 Å².